The van der Waals surface area contributed by atoms with Gasteiger partial charge in [0.05, 0.1) is 5.60 Å². The van der Waals surface area contributed by atoms with Gasteiger partial charge in [0.25, 0.3) is 0 Å². The number of benzene rings is 1. The second-order valence-corrected chi connectivity index (χ2v) is 5.98. The molecule has 0 aliphatic heterocycles. The summed E-state index contributed by atoms with van der Waals surface area (Å²) in [6.45, 7) is 4.76. The average molecular weight is 267 g/mol. The van der Waals surface area contributed by atoms with Crippen LogP contribution in [-0.2, 0) is 5.60 Å². The van der Waals surface area contributed by atoms with Crippen LogP contribution in [0.25, 0.3) is 0 Å². The van der Waals surface area contributed by atoms with Crippen LogP contribution in [0.3, 0.4) is 0 Å². The van der Waals surface area contributed by atoms with E-state index in [1.165, 1.54) is 0 Å². The zero-order valence-corrected chi connectivity index (χ0v) is 12.7. The molecule has 0 saturated heterocycles. The quantitative estimate of drug-likeness (QED) is 0.821. The molecule has 3 heteroatoms. The summed E-state index contributed by atoms with van der Waals surface area (Å²) in [5.41, 5.74) is 0.192. The minimum absolute atomic E-state index is 0.523. The molecule has 102 valence electrons. The van der Waals surface area contributed by atoms with Crippen molar-refractivity contribution in [2.45, 2.75) is 31.9 Å². The lowest BCUT2D eigenvalue weighted by molar-refractivity contribution is 0.0136. The van der Waals surface area contributed by atoms with Crippen LogP contribution in [0.4, 0.5) is 0 Å². The average Bonchev–Trinajstić information content (AvgIpc) is 2.36. The van der Waals surface area contributed by atoms with Crippen molar-refractivity contribution in [3.05, 3.63) is 35.9 Å². The Labute approximate surface area is 115 Å². The van der Waals surface area contributed by atoms with E-state index in [9.17, 15) is 5.11 Å². The predicted molar refractivity (Wildman–Crippen MR) is 81.1 cm³/mol. The molecule has 0 saturated carbocycles. The first-order valence-electron chi connectivity index (χ1n) is 6.48. The van der Waals surface area contributed by atoms with Gasteiger partial charge in [-0.05, 0) is 32.2 Å². The van der Waals surface area contributed by atoms with Gasteiger partial charge >= 0.3 is 0 Å². The van der Waals surface area contributed by atoms with Crippen LogP contribution in [0.15, 0.2) is 30.3 Å². The zero-order chi connectivity index (χ0) is 13.6. The topological polar surface area (TPSA) is 23.5 Å². The standard InChI is InChI=1S/C15H25NOS/c1-5-14(11-18-4)16(3)12-15(2,17)13-9-7-6-8-10-13/h6-10,14,17H,5,11-12H2,1-4H3. The molecule has 2 nitrogen and oxygen atoms in total. The van der Waals surface area contributed by atoms with Crippen molar-refractivity contribution in [2.75, 3.05) is 25.6 Å². The molecule has 2 atom stereocenters. The van der Waals surface area contributed by atoms with Gasteiger partial charge in [0.1, 0.15) is 0 Å². The lowest BCUT2D eigenvalue weighted by Crippen LogP contribution is -2.43. The van der Waals surface area contributed by atoms with Gasteiger partial charge in [-0.25, -0.2) is 0 Å². The van der Waals surface area contributed by atoms with E-state index in [0.29, 0.717) is 12.6 Å². The Hall–Kier alpha value is -0.510. The molecule has 0 aliphatic rings. The van der Waals surface area contributed by atoms with Crippen molar-refractivity contribution >= 4 is 11.8 Å². The summed E-state index contributed by atoms with van der Waals surface area (Å²) in [4.78, 5) is 2.27. The van der Waals surface area contributed by atoms with Crippen LogP contribution in [-0.4, -0.2) is 41.6 Å². The number of rotatable bonds is 7. The van der Waals surface area contributed by atoms with Gasteiger partial charge in [-0.2, -0.15) is 11.8 Å². The summed E-state index contributed by atoms with van der Waals surface area (Å²) in [6, 6.07) is 10.4. The third-order valence-corrected chi connectivity index (χ3v) is 4.12. The second-order valence-electron chi connectivity index (χ2n) is 5.07. The van der Waals surface area contributed by atoms with Crippen LogP contribution in [0.1, 0.15) is 25.8 Å². The number of hydrogen-bond acceptors (Lipinski definition) is 3. The molecule has 0 aliphatic carbocycles. The highest BCUT2D eigenvalue weighted by molar-refractivity contribution is 7.98. The van der Waals surface area contributed by atoms with E-state index in [4.69, 9.17) is 0 Å². The van der Waals surface area contributed by atoms with Gasteiger partial charge in [-0.3, -0.25) is 4.90 Å². The van der Waals surface area contributed by atoms with Crippen LogP contribution in [0.2, 0.25) is 0 Å². The number of thioether (sulfide) groups is 1. The van der Waals surface area contributed by atoms with E-state index < -0.39 is 5.60 Å². The normalized spacial score (nSPS) is 16.6. The molecule has 0 amide bonds. The van der Waals surface area contributed by atoms with Crippen LogP contribution < -0.4 is 0 Å². The highest BCUT2D eigenvalue weighted by atomic mass is 32.2. The molecular formula is C15H25NOS. The van der Waals surface area contributed by atoms with E-state index in [0.717, 1.165) is 17.7 Å². The van der Waals surface area contributed by atoms with Crippen molar-refractivity contribution in [3.63, 3.8) is 0 Å². The summed E-state index contributed by atoms with van der Waals surface area (Å²) in [7, 11) is 2.10. The van der Waals surface area contributed by atoms with Gasteiger partial charge in [0.2, 0.25) is 0 Å². The third-order valence-electron chi connectivity index (χ3n) is 3.41. The van der Waals surface area contributed by atoms with E-state index in [-0.39, 0.29) is 0 Å². The Bertz CT molecular complexity index is 340. The van der Waals surface area contributed by atoms with Gasteiger partial charge in [-0.15, -0.1) is 0 Å². The van der Waals surface area contributed by atoms with Crippen molar-refractivity contribution < 1.29 is 5.11 Å². The monoisotopic (exact) mass is 267 g/mol. The summed E-state index contributed by atoms with van der Waals surface area (Å²) in [5.74, 6) is 1.11. The molecule has 2 unspecified atom stereocenters. The predicted octanol–water partition coefficient (Wildman–Crippen LogP) is 2.97. The molecule has 0 fully saturated rings. The maximum atomic E-state index is 10.6. The summed E-state index contributed by atoms with van der Waals surface area (Å²) < 4.78 is 0. The fourth-order valence-corrected chi connectivity index (χ4v) is 3.13. The first kappa shape index (κ1) is 15.5. The van der Waals surface area contributed by atoms with E-state index >= 15 is 0 Å². The molecule has 0 spiro atoms. The second kappa shape index (κ2) is 7.17. The fourth-order valence-electron chi connectivity index (χ4n) is 2.25. The highest BCUT2D eigenvalue weighted by Gasteiger charge is 2.27. The minimum atomic E-state index is -0.790. The van der Waals surface area contributed by atoms with Crippen molar-refractivity contribution in [2.24, 2.45) is 0 Å². The van der Waals surface area contributed by atoms with Gasteiger partial charge in [0, 0.05) is 18.3 Å². The minimum Gasteiger partial charge on any atom is -0.384 e. The molecule has 1 aromatic rings. The summed E-state index contributed by atoms with van der Waals surface area (Å²) in [6.07, 6.45) is 3.24. The summed E-state index contributed by atoms with van der Waals surface area (Å²) >= 11 is 1.86. The van der Waals surface area contributed by atoms with Crippen molar-refractivity contribution in [1.29, 1.82) is 0 Å². The Morgan fingerprint density at radius 2 is 1.94 bits per heavy atom. The SMILES string of the molecule is CCC(CSC)N(C)CC(C)(O)c1ccccc1. The lowest BCUT2D eigenvalue weighted by atomic mass is 9.95. The van der Waals surface area contributed by atoms with E-state index in [1.54, 1.807) is 0 Å². The fraction of sp³-hybridized carbons (Fsp3) is 0.600. The van der Waals surface area contributed by atoms with Gasteiger partial charge < -0.3 is 5.11 Å². The number of hydrogen-bond donors (Lipinski definition) is 1. The van der Waals surface area contributed by atoms with Crippen molar-refractivity contribution in [1.82, 2.24) is 4.90 Å². The Morgan fingerprint density at radius 1 is 1.33 bits per heavy atom. The largest absolute Gasteiger partial charge is 0.384 e. The Morgan fingerprint density at radius 3 is 2.44 bits per heavy atom. The number of nitrogens with zero attached hydrogens (tertiary/aromatic N) is 1. The molecule has 1 rings (SSSR count). The first-order chi connectivity index (χ1) is 8.51. The molecule has 1 N–H and O–H groups in total. The molecule has 0 bridgehead atoms. The maximum absolute atomic E-state index is 10.6. The Balaban J connectivity index is 2.70. The lowest BCUT2D eigenvalue weighted by Gasteiger charge is -2.34. The third kappa shape index (κ3) is 4.30. The number of aliphatic hydroxyl groups is 1. The van der Waals surface area contributed by atoms with Gasteiger partial charge in [-0.1, -0.05) is 37.3 Å². The zero-order valence-electron chi connectivity index (χ0n) is 11.9. The van der Waals surface area contributed by atoms with Crippen LogP contribution in [0.5, 0.6) is 0 Å². The van der Waals surface area contributed by atoms with Crippen LogP contribution >= 0.6 is 11.8 Å². The molecule has 0 heterocycles. The first-order valence-corrected chi connectivity index (χ1v) is 7.87. The molecule has 0 aromatic heterocycles. The van der Waals surface area contributed by atoms with E-state index in [2.05, 4.69) is 25.1 Å². The van der Waals surface area contributed by atoms with E-state index in [1.807, 2.05) is 49.0 Å². The smallest absolute Gasteiger partial charge is 0.0994 e. The molecular weight excluding hydrogens is 242 g/mol. The number of likely N-dealkylation sites (N-methyl/N-ethyl adjacent to an activating group) is 1. The van der Waals surface area contributed by atoms with Crippen molar-refractivity contribution in [3.8, 4) is 0 Å². The highest BCUT2D eigenvalue weighted by Crippen LogP contribution is 2.22. The van der Waals surface area contributed by atoms with Crippen LogP contribution in [0, 0.1) is 0 Å². The van der Waals surface area contributed by atoms with Gasteiger partial charge in [0.15, 0.2) is 0 Å². The molecule has 1 aromatic carbocycles. The molecule has 0 radical (unpaired) electrons. The summed E-state index contributed by atoms with van der Waals surface area (Å²) in [5, 5.41) is 10.6. The molecule has 18 heavy (non-hydrogen) atoms. The maximum Gasteiger partial charge on any atom is 0.0994 e. The Kier molecular flexibility index (Phi) is 6.19.